The minimum atomic E-state index is 0.377. The van der Waals surface area contributed by atoms with Crippen LogP contribution in [0.25, 0.3) is 10.8 Å². The van der Waals surface area contributed by atoms with Gasteiger partial charge in [-0.3, -0.25) is 0 Å². The maximum Gasteiger partial charge on any atom is 0.0700 e. The predicted molar refractivity (Wildman–Crippen MR) is 79.0 cm³/mol. The SMILES string of the molecule is Nc1cc2ccccc2cc1CNCC1CCCO1. The van der Waals surface area contributed by atoms with Gasteiger partial charge < -0.3 is 15.8 Å². The molecule has 3 rings (SSSR count). The largest absolute Gasteiger partial charge is 0.398 e. The van der Waals surface area contributed by atoms with Crippen LogP contribution >= 0.6 is 0 Å². The fraction of sp³-hybridized carbons (Fsp3) is 0.375. The Bertz CT molecular complexity index is 562. The molecule has 1 heterocycles. The van der Waals surface area contributed by atoms with E-state index in [0.29, 0.717) is 6.10 Å². The predicted octanol–water partition coefficient (Wildman–Crippen LogP) is 2.69. The van der Waals surface area contributed by atoms with Crippen LogP contribution in [0.1, 0.15) is 18.4 Å². The molecule has 0 saturated carbocycles. The molecule has 1 aliphatic heterocycles. The van der Waals surface area contributed by atoms with Crippen LogP contribution < -0.4 is 11.1 Å². The van der Waals surface area contributed by atoms with Crippen LogP contribution in [0.5, 0.6) is 0 Å². The van der Waals surface area contributed by atoms with Crippen LogP contribution in [-0.2, 0) is 11.3 Å². The zero-order valence-electron chi connectivity index (χ0n) is 11.1. The molecule has 1 aliphatic rings. The number of anilines is 1. The van der Waals surface area contributed by atoms with E-state index in [4.69, 9.17) is 10.5 Å². The monoisotopic (exact) mass is 256 g/mol. The Morgan fingerprint density at radius 3 is 2.74 bits per heavy atom. The van der Waals surface area contributed by atoms with Crippen molar-refractivity contribution in [2.75, 3.05) is 18.9 Å². The van der Waals surface area contributed by atoms with Crippen molar-refractivity contribution >= 4 is 16.5 Å². The smallest absolute Gasteiger partial charge is 0.0700 e. The Hall–Kier alpha value is -1.58. The second-order valence-electron chi connectivity index (χ2n) is 5.16. The van der Waals surface area contributed by atoms with Crippen molar-refractivity contribution in [3.63, 3.8) is 0 Å². The molecule has 0 bridgehead atoms. The van der Waals surface area contributed by atoms with Crippen molar-refractivity contribution in [2.24, 2.45) is 0 Å². The first-order chi connectivity index (χ1) is 9.33. The van der Waals surface area contributed by atoms with Crippen molar-refractivity contribution in [1.82, 2.24) is 5.32 Å². The first kappa shape index (κ1) is 12.5. The average molecular weight is 256 g/mol. The molecule has 1 saturated heterocycles. The van der Waals surface area contributed by atoms with Crippen molar-refractivity contribution in [3.05, 3.63) is 42.0 Å². The highest BCUT2D eigenvalue weighted by Gasteiger charge is 2.14. The first-order valence-corrected chi connectivity index (χ1v) is 6.92. The molecule has 1 atom stereocenters. The summed E-state index contributed by atoms with van der Waals surface area (Å²) in [4.78, 5) is 0. The second kappa shape index (κ2) is 5.59. The molecule has 3 heteroatoms. The summed E-state index contributed by atoms with van der Waals surface area (Å²) in [6, 6.07) is 12.5. The second-order valence-corrected chi connectivity index (χ2v) is 5.16. The molecule has 0 aliphatic carbocycles. The molecular formula is C16H20N2O. The summed E-state index contributed by atoms with van der Waals surface area (Å²) in [6.07, 6.45) is 2.73. The van der Waals surface area contributed by atoms with E-state index in [1.54, 1.807) is 0 Å². The lowest BCUT2D eigenvalue weighted by Crippen LogP contribution is -2.26. The highest BCUT2D eigenvalue weighted by atomic mass is 16.5. The molecule has 0 aromatic heterocycles. The molecule has 19 heavy (non-hydrogen) atoms. The summed E-state index contributed by atoms with van der Waals surface area (Å²) in [5.41, 5.74) is 8.13. The Kier molecular flexibility index (Phi) is 3.67. The van der Waals surface area contributed by atoms with Crippen molar-refractivity contribution in [3.8, 4) is 0 Å². The third-order valence-electron chi connectivity index (χ3n) is 3.72. The molecular weight excluding hydrogens is 236 g/mol. The normalized spacial score (nSPS) is 19.1. The van der Waals surface area contributed by atoms with Gasteiger partial charge in [-0.15, -0.1) is 0 Å². The zero-order valence-corrected chi connectivity index (χ0v) is 11.1. The number of benzene rings is 2. The van der Waals surface area contributed by atoms with Crippen LogP contribution in [0.4, 0.5) is 5.69 Å². The van der Waals surface area contributed by atoms with Gasteiger partial charge in [0, 0.05) is 25.4 Å². The Morgan fingerprint density at radius 2 is 2.00 bits per heavy atom. The van der Waals surface area contributed by atoms with E-state index in [2.05, 4.69) is 35.6 Å². The average Bonchev–Trinajstić information content (AvgIpc) is 2.92. The number of rotatable bonds is 4. The van der Waals surface area contributed by atoms with Gasteiger partial charge in [0.2, 0.25) is 0 Å². The number of fused-ring (bicyclic) bond motifs is 1. The first-order valence-electron chi connectivity index (χ1n) is 6.92. The molecule has 3 N–H and O–H groups in total. The Labute approximate surface area is 113 Å². The van der Waals surface area contributed by atoms with Gasteiger partial charge >= 0.3 is 0 Å². The summed E-state index contributed by atoms with van der Waals surface area (Å²) in [5.74, 6) is 0. The van der Waals surface area contributed by atoms with Gasteiger partial charge in [-0.1, -0.05) is 24.3 Å². The molecule has 2 aromatic rings. The molecule has 0 amide bonds. The highest BCUT2D eigenvalue weighted by molar-refractivity contribution is 5.86. The summed E-state index contributed by atoms with van der Waals surface area (Å²) < 4.78 is 5.60. The van der Waals surface area contributed by atoms with E-state index in [1.807, 2.05) is 6.07 Å². The van der Waals surface area contributed by atoms with Gasteiger partial charge in [-0.2, -0.15) is 0 Å². The van der Waals surface area contributed by atoms with Gasteiger partial charge in [-0.05, 0) is 41.3 Å². The van der Waals surface area contributed by atoms with E-state index < -0.39 is 0 Å². The molecule has 1 fully saturated rings. The molecule has 0 spiro atoms. The van der Waals surface area contributed by atoms with Gasteiger partial charge in [0.15, 0.2) is 0 Å². The molecule has 2 aromatic carbocycles. The number of hydrogen-bond acceptors (Lipinski definition) is 3. The van der Waals surface area contributed by atoms with Crippen molar-refractivity contribution in [1.29, 1.82) is 0 Å². The van der Waals surface area contributed by atoms with Gasteiger partial charge in [-0.25, -0.2) is 0 Å². The molecule has 0 radical (unpaired) electrons. The number of nitrogen functional groups attached to an aromatic ring is 1. The lowest BCUT2D eigenvalue weighted by molar-refractivity contribution is 0.110. The van der Waals surface area contributed by atoms with Crippen LogP contribution in [0, 0.1) is 0 Å². The number of nitrogens with one attached hydrogen (secondary N) is 1. The lowest BCUT2D eigenvalue weighted by Gasteiger charge is -2.12. The van der Waals surface area contributed by atoms with E-state index in [-0.39, 0.29) is 0 Å². The summed E-state index contributed by atoms with van der Waals surface area (Å²) >= 11 is 0. The topological polar surface area (TPSA) is 47.3 Å². The lowest BCUT2D eigenvalue weighted by atomic mass is 10.0. The number of nitrogens with two attached hydrogens (primary N) is 1. The number of ether oxygens (including phenoxy) is 1. The zero-order chi connectivity index (χ0) is 13.1. The molecule has 3 nitrogen and oxygen atoms in total. The summed E-state index contributed by atoms with van der Waals surface area (Å²) in [5, 5.41) is 5.88. The summed E-state index contributed by atoms with van der Waals surface area (Å²) in [6.45, 7) is 2.62. The minimum absolute atomic E-state index is 0.377. The molecule has 100 valence electrons. The third-order valence-corrected chi connectivity index (χ3v) is 3.72. The van der Waals surface area contributed by atoms with Gasteiger partial charge in [0.25, 0.3) is 0 Å². The van der Waals surface area contributed by atoms with Crippen molar-refractivity contribution < 1.29 is 4.74 Å². The van der Waals surface area contributed by atoms with Crippen LogP contribution in [0.15, 0.2) is 36.4 Å². The fourth-order valence-corrected chi connectivity index (χ4v) is 2.63. The van der Waals surface area contributed by atoms with Crippen LogP contribution in [0.3, 0.4) is 0 Å². The Morgan fingerprint density at radius 1 is 1.21 bits per heavy atom. The van der Waals surface area contributed by atoms with E-state index in [1.165, 1.54) is 23.6 Å². The van der Waals surface area contributed by atoms with Crippen molar-refractivity contribution in [2.45, 2.75) is 25.5 Å². The third kappa shape index (κ3) is 2.88. The van der Waals surface area contributed by atoms with E-state index in [0.717, 1.165) is 30.9 Å². The number of hydrogen-bond donors (Lipinski definition) is 2. The van der Waals surface area contributed by atoms with Crippen LogP contribution in [-0.4, -0.2) is 19.3 Å². The van der Waals surface area contributed by atoms with E-state index >= 15 is 0 Å². The maximum atomic E-state index is 6.11. The Balaban J connectivity index is 1.67. The maximum absolute atomic E-state index is 6.11. The standard InChI is InChI=1S/C16H20N2O/c17-16-9-13-5-2-1-4-12(13)8-14(16)10-18-11-15-6-3-7-19-15/h1-2,4-5,8-9,15,18H,3,6-7,10-11,17H2. The van der Waals surface area contributed by atoms with Gasteiger partial charge in [0.05, 0.1) is 6.10 Å². The summed E-state index contributed by atoms with van der Waals surface area (Å²) in [7, 11) is 0. The fourth-order valence-electron chi connectivity index (χ4n) is 2.63. The van der Waals surface area contributed by atoms with E-state index in [9.17, 15) is 0 Å². The van der Waals surface area contributed by atoms with Crippen LogP contribution in [0.2, 0.25) is 0 Å². The minimum Gasteiger partial charge on any atom is -0.398 e. The van der Waals surface area contributed by atoms with Gasteiger partial charge in [0.1, 0.15) is 0 Å². The quantitative estimate of drug-likeness (QED) is 0.827. The molecule has 1 unspecified atom stereocenters. The highest BCUT2D eigenvalue weighted by Crippen LogP contribution is 2.21.